The van der Waals surface area contributed by atoms with Crippen molar-refractivity contribution in [3.63, 3.8) is 0 Å². The summed E-state index contributed by atoms with van der Waals surface area (Å²) in [4.78, 5) is 10.3. The molecule has 0 spiro atoms. The number of halogens is 3. The highest BCUT2D eigenvalue weighted by Crippen LogP contribution is 2.32. The van der Waals surface area contributed by atoms with E-state index in [1.807, 2.05) is 0 Å². The fourth-order valence-electron chi connectivity index (χ4n) is 1.79. The molecule has 0 aliphatic carbocycles. The highest BCUT2D eigenvalue weighted by Gasteiger charge is 2.30. The van der Waals surface area contributed by atoms with Gasteiger partial charge in [0.05, 0.1) is 17.4 Å². The van der Waals surface area contributed by atoms with E-state index in [9.17, 15) is 23.3 Å². The second-order valence-electron chi connectivity index (χ2n) is 4.97. The van der Waals surface area contributed by atoms with Gasteiger partial charge in [0.2, 0.25) is 0 Å². The Morgan fingerprint density at radius 2 is 1.95 bits per heavy atom. The molecule has 1 unspecified atom stereocenters. The molecule has 0 radical (unpaired) electrons. The molecule has 1 aromatic rings. The molecule has 118 valence electrons. The number of hydrogen-bond acceptors (Lipinski definition) is 4. The molecule has 1 rings (SSSR count). The van der Waals surface area contributed by atoms with Gasteiger partial charge in [-0.2, -0.15) is 13.2 Å². The van der Waals surface area contributed by atoms with Crippen molar-refractivity contribution in [3.8, 4) is 5.75 Å². The minimum Gasteiger partial charge on any atom is -0.484 e. The van der Waals surface area contributed by atoms with E-state index in [0.29, 0.717) is 5.69 Å². The summed E-state index contributed by atoms with van der Waals surface area (Å²) in [6, 6.07) is 3.06. The van der Waals surface area contributed by atoms with Crippen LogP contribution in [0.4, 0.5) is 24.5 Å². The molecule has 1 aromatic carbocycles. The molecule has 21 heavy (non-hydrogen) atoms. The first kappa shape index (κ1) is 17.1. The number of benzene rings is 1. The molecule has 1 N–H and O–H groups in total. The van der Waals surface area contributed by atoms with Gasteiger partial charge in [0, 0.05) is 23.9 Å². The van der Waals surface area contributed by atoms with Crippen LogP contribution in [0.5, 0.6) is 5.75 Å². The summed E-state index contributed by atoms with van der Waals surface area (Å²) >= 11 is 0. The second-order valence-corrected chi connectivity index (χ2v) is 4.97. The molecule has 0 heterocycles. The minimum absolute atomic E-state index is 0.0270. The van der Waals surface area contributed by atoms with Crippen molar-refractivity contribution in [2.24, 2.45) is 0 Å². The third-order valence-electron chi connectivity index (χ3n) is 2.47. The molecule has 0 bridgehead atoms. The van der Waals surface area contributed by atoms with Gasteiger partial charge >= 0.3 is 11.9 Å². The van der Waals surface area contributed by atoms with Crippen LogP contribution in [-0.2, 0) is 0 Å². The summed E-state index contributed by atoms with van der Waals surface area (Å²) in [7, 11) is 0. The molecule has 1 atom stereocenters. The van der Waals surface area contributed by atoms with Crippen LogP contribution in [0.3, 0.4) is 0 Å². The summed E-state index contributed by atoms with van der Waals surface area (Å²) in [5, 5.41) is 13.5. The Bertz CT molecular complexity index is 504. The standard InChI is InChI=1S/C13H17F3N2O3/c1-8(2)21-12-6-10(4-5-11(12)18(19)20)17-9(3)7-13(14,15)16/h4-6,8-9,17H,7H2,1-3H3. The van der Waals surface area contributed by atoms with Gasteiger partial charge in [0.25, 0.3) is 0 Å². The van der Waals surface area contributed by atoms with Crippen LogP contribution in [0.1, 0.15) is 27.2 Å². The number of nitro groups is 1. The first-order valence-electron chi connectivity index (χ1n) is 6.37. The van der Waals surface area contributed by atoms with Crippen LogP contribution in [0, 0.1) is 10.1 Å². The number of nitrogens with zero attached hydrogens (tertiary/aromatic N) is 1. The number of ether oxygens (including phenoxy) is 1. The lowest BCUT2D eigenvalue weighted by Gasteiger charge is -2.18. The van der Waals surface area contributed by atoms with Crippen LogP contribution in [-0.4, -0.2) is 23.2 Å². The monoisotopic (exact) mass is 306 g/mol. The van der Waals surface area contributed by atoms with Crippen molar-refractivity contribution in [2.45, 2.75) is 45.5 Å². The number of nitro benzene ring substituents is 1. The summed E-state index contributed by atoms with van der Waals surface area (Å²) in [6.45, 7) is 4.80. The molecular formula is C13H17F3N2O3. The van der Waals surface area contributed by atoms with Crippen LogP contribution < -0.4 is 10.1 Å². The number of anilines is 1. The van der Waals surface area contributed by atoms with Gasteiger partial charge < -0.3 is 10.1 Å². The summed E-state index contributed by atoms with van der Waals surface area (Å²) < 4.78 is 42.2. The average molecular weight is 306 g/mol. The number of nitrogens with one attached hydrogen (secondary N) is 1. The Morgan fingerprint density at radius 1 is 1.33 bits per heavy atom. The third-order valence-corrected chi connectivity index (χ3v) is 2.47. The highest BCUT2D eigenvalue weighted by atomic mass is 19.4. The van der Waals surface area contributed by atoms with E-state index in [1.54, 1.807) is 13.8 Å². The molecule has 0 aliphatic rings. The third kappa shape index (κ3) is 5.88. The quantitative estimate of drug-likeness (QED) is 0.634. The molecule has 0 saturated carbocycles. The fourth-order valence-corrected chi connectivity index (χ4v) is 1.79. The molecule has 5 nitrogen and oxygen atoms in total. The van der Waals surface area contributed by atoms with Crippen molar-refractivity contribution in [3.05, 3.63) is 28.3 Å². The van der Waals surface area contributed by atoms with Crippen molar-refractivity contribution >= 4 is 11.4 Å². The molecule has 0 saturated heterocycles. The zero-order chi connectivity index (χ0) is 16.2. The van der Waals surface area contributed by atoms with E-state index < -0.39 is 23.6 Å². The normalized spacial score (nSPS) is 13.1. The minimum atomic E-state index is -4.27. The predicted octanol–water partition coefficient (Wildman–Crippen LogP) is 4.13. The molecule has 0 fully saturated rings. The Kier molecular flexibility index (Phi) is 5.40. The first-order valence-corrected chi connectivity index (χ1v) is 6.37. The Hall–Kier alpha value is -1.99. The van der Waals surface area contributed by atoms with Gasteiger partial charge in [-0.25, -0.2) is 0 Å². The first-order chi connectivity index (χ1) is 9.58. The van der Waals surface area contributed by atoms with E-state index in [4.69, 9.17) is 4.74 Å². The largest absolute Gasteiger partial charge is 0.484 e. The second kappa shape index (κ2) is 6.64. The van der Waals surface area contributed by atoms with Crippen LogP contribution in [0.25, 0.3) is 0 Å². The summed E-state index contributed by atoms with van der Waals surface area (Å²) in [5.41, 5.74) is 0.116. The maximum Gasteiger partial charge on any atom is 0.391 e. The Labute approximate surface area is 120 Å². The van der Waals surface area contributed by atoms with Crippen molar-refractivity contribution < 1.29 is 22.8 Å². The van der Waals surface area contributed by atoms with E-state index in [-0.39, 0.29) is 17.5 Å². The molecule has 0 aromatic heterocycles. The van der Waals surface area contributed by atoms with Crippen molar-refractivity contribution in [2.75, 3.05) is 5.32 Å². The lowest BCUT2D eigenvalue weighted by molar-refractivity contribution is -0.386. The SMILES string of the molecule is CC(CC(F)(F)F)Nc1ccc([N+](=O)[O-])c(OC(C)C)c1. The van der Waals surface area contributed by atoms with Gasteiger partial charge in [-0.3, -0.25) is 10.1 Å². The van der Waals surface area contributed by atoms with E-state index in [1.165, 1.54) is 25.1 Å². The lowest BCUT2D eigenvalue weighted by Crippen LogP contribution is -2.23. The van der Waals surface area contributed by atoms with Gasteiger partial charge in [0.15, 0.2) is 5.75 Å². The van der Waals surface area contributed by atoms with Gasteiger partial charge in [-0.05, 0) is 26.8 Å². The number of alkyl halides is 3. The Morgan fingerprint density at radius 3 is 2.43 bits per heavy atom. The van der Waals surface area contributed by atoms with Crippen molar-refractivity contribution in [1.82, 2.24) is 0 Å². The lowest BCUT2D eigenvalue weighted by atomic mass is 10.2. The van der Waals surface area contributed by atoms with E-state index in [2.05, 4.69) is 5.32 Å². The van der Waals surface area contributed by atoms with Gasteiger partial charge in [-0.15, -0.1) is 0 Å². The predicted molar refractivity (Wildman–Crippen MR) is 72.6 cm³/mol. The highest BCUT2D eigenvalue weighted by molar-refractivity contribution is 5.58. The topological polar surface area (TPSA) is 64.4 Å². The molecular weight excluding hydrogens is 289 g/mol. The van der Waals surface area contributed by atoms with Crippen LogP contribution in [0.2, 0.25) is 0 Å². The zero-order valence-electron chi connectivity index (χ0n) is 11.9. The van der Waals surface area contributed by atoms with Crippen molar-refractivity contribution in [1.29, 1.82) is 0 Å². The molecule has 8 heteroatoms. The maximum absolute atomic E-state index is 12.3. The number of hydrogen-bond donors (Lipinski definition) is 1. The average Bonchev–Trinajstić information content (AvgIpc) is 2.24. The van der Waals surface area contributed by atoms with Crippen LogP contribution in [0.15, 0.2) is 18.2 Å². The Balaban J connectivity index is 2.92. The van der Waals surface area contributed by atoms with Gasteiger partial charge in [-0.1, -0.05) is 0 Å². The van der Waals surface area contributed by atoms with Crippen LogP contribution >= 0.6 is 0 Å². The smallest absolute Gasteiger partial charge is 0.391 e. The maximum atomic E-state index is 12.3. The van der Waals surface area contributed by atoms with Gasteiger partial charge in [0.1, 0.15) is 0 Å². The zero-order valence-corrected chi connectivity index (χ0v) is 11.9. The fraction of sp³-hybridized carbons (Fsp3) is 0.538. The molecule has 0 amide bonds. The van der Waals surface area contributed by atoms with E-state index >= 15 is 0 Å². The number of rotatable bonds is 6. The van der Waals surface area contributed by atoms with E-state index in [0.717, 1.165) is 0 Å². The summed E-state index contributed by atoms with van der Waals surface area (Å²) in [6.07, 6.45) is -5.55. The summed E-state index contributed by atoms with van der Waals surface area (Å²) in [5.74, 6) is 0.0270. The molecule has 0 aliphatic heterocycles.